The third-order valence-corrected chi connectivity index (χ3v) is 4.27. The second kappa shape index (κ2) is 5.70. The van der Waals surface area contributed by atoms with Crippen molar-refractivity contribution in [3.8, 4) is 0 Å². The number of rotatable bonds is 2. The summed E-state index contributed by atoms with van der Waals surface area (Å²) in [6.07, 6.45) is 4.82. The van der Waals surface area contributed by atoms with Crippen molar-refractivity contribution in [2.45, 2.75) is 39.2 Å². The summed E-state index contributed by atoms with van der Waals surface area (Å²) in [4.78, 5) is 14.6. The van der Waals surface area contributed by atoms with Crippen molar-refractivity contribution >= 4 is 16.8 Å². The fourth-order valence-electron chi connectivity index (χ4n) is 3.11. The van der Waals surface area contributed by atoms with Crippen LogP contribution in [0.25, 0.3) is 10.9 Å². The van der Waals surface area contributed by atoms with Crippen LogP contribution in [0.4, 0.5) is 0 Å². The summed E-state index contributed by atoms with van der Waals surface area (Å²) in [6.45, 7) is 4.41. The Morgan fingerprint density at radius 3 is 2.55 bits per heavy atom. The molecule has 2 aromatic rings. The quantitative estimate of drug-likeness (QED) is 0.821. The number of hydrogen-bond acceptors (Lipinski definition) is 1. The van der Waals surface area contributed by atoms with E-state index in [1.165, 1.54) is 18.2 Å². The normalized spacial score (nSPS) is 16.4. The predicted molar refractivity (Wildman–Crippen MR) is 81.7 cm³/mol. The van der Waals surface area contributed by atoms with Gasteiger partial charge < -0.3 is 9.47 Å². The van der Waals surface area contributed by atoms with Crippen LogP contribution in [0.15, 0.2) is 30.3 Å². The summed E-state index contributed by atoms with van der Waals surface area (Å²) < 4.78 is 2.14. The Morgan fingerprint density at radius 1 is 1.10 bits per heavy atom. The zero-order chi connectivity index (χ0) is 13.9. The molecule has 0 radical (unpaired) electrons. The van der Waals surface area contributed by atoms with Crippen molar-refractivity contribution in [2.24, 2.45) is 0 Å². The number of benzene rings is 1. The molecule has 0 aliphatic carbocycles. The first kappa shape index (κ1) is 13.2. The van der Waals surface area contributed by atoms with E-state index in [4.69, 9.17) is 0 Å². The molecule has 0 bridgehead atoms. The lowest BCUT2D eigenvalue weighted by Gasteiger charge is -2.21. The molecule has 1 aromatic carbocycles. The number of hydrogen-bond donors (Lipinski definition) is 0. The fraction of sp³-hybridized carbons (Fsp3) is 0.471. The molecule has 0 saturated carbocycles. The highest BCUT2D eigenvalue weighted by Crippen LogP contribution is 2.19. The number of aryl methyl sites for hydroxylation is 1. The van der Waals surface area contributed by atoms with Gasteiger partial charge in [0.15, 0.2) is 0 Å². The van der Waals surface area contributed by atoms with Gasteiger partial charge in [-0.15, -0.1) is 0 Å². The Hall–Kier alpha value is -1.77. The first-order valence-corrected chi connectivity index (χ1v) is 7.58. The maximum absolute atomic E-state index is 12.5. The lowest BCUT2D eigenvalue weighted by Crippen LogP contribution is -2.34. The molecule has 1 aliphatic rings. The molecule has 1 aromatic heterocycles. The van der Waals surface area contributed by atoms with Crippen molar-refractivity contribution in [1.82, 2.24) is 9.47 Å². The van der Waals surface area contributed by atoms with E-state index in [1.54, 1.807) is 0 Å². The van der Waals surface area contributed by atoms with Gasteiger partial charge in [0, 0.05) is 24.3 Å². The number of likely N-dealkylation sites (tertiary alicyclic amines) is 1. The monoisotopic (exact) mass is 270 g/mol. The summed E-state index contributed by atoms with van der Waals surface area (Å²) >= 11 is 0. The van der Waals surface area contributed by atoms with Crippen LogP contribution in [0.2, 0.25) is 0 Å². The van der Waals surface area contributed by atoms with Crippen molar-refractivity contribution in [1.29, 1.82) is 0 Å². The number of aromatic nitrogens is 1. The SMILES string of the molecule is Cc1cc2ccccc2n1CC(=O)N1CCCCCC1. The molecule has 1 aliphatic heterocycles. The van der Waals surface area contributed by atoms with Crippen LogP contribution in [0.3, 0.4) is 0 Å². The van der Waals surface area contributed by atoms with Gasteiger partial charge in [0.05, 0.1) is 0 Å². The molecule has 1 amide bonds. The third-order valence-electron chi connectivity index (χ3n) is 4.27. The van der Waals surface area contributed by atoms with E-state index in [0.717, 1.165) is 37.1 Å². The van der Waals surface area contributed by atoms with Crippen LogP contribution in [-0.4, -0.2) is 28.5 Å². The maximum atomic E-state index is 12.5. The van der Waals surface area contributed by atoms with Crippen LogP contribution in [0, 0.1) is 6.92 Å². The minimum absolute atomic E-state index is 0.261. The third kappa shape index (κ3) is 2.58. The number of carbonyl (C=O) groups is 1. The number of amides is 1. The summed E-state index contributed by atoms with van der Waals surface area (Å²) in [7, 11) is 0. The van der Waals surface area contributed by atoms with Gasteiger partial charge in [0.25, 0.3) is 0 Å². The van der Waals surface area contributed by atoms with Gasteiger partial charge in [-0.25, -0.2) is 0 Å². The van der Waals surface area contributed by atoms with Crippen LogP contribution >= 0.6 is 0 Å². The molecule has 0 unspecified atom stereocenters. The average Bonchev–Trinajstić information content (AvgIpc) is 2.66. The largest absolute Gasteiger partial charge is 0.341 e. The molecule has 1 saturated heterocycles. The minimum atomic E-state index is 0.261. The molecule has 0 N–H and O–H groups in total. The zero-order valence-electron chi connectivity index (χ0n) is 12.1. The highest BCUT2D eigenvalue weighted by Gasteiger charge is 2.17. The molecular formula is C17H22N2O. The van der Waals surface area contributed by atoms with Gasteiger partial charge in [-0.3, -0.25) is 4.79 Å². The molecular weight excluding hydrogens is 248 g/mol. The Morgan fingerprint density at radius 2 is 1.80 bits per heavy atom. The number of nitrogens with zero attached hydrogens (tertiary/aromatic N) is 2. The number of carbonyl (C=O) groups excluding carboxylic acids is 1. The predicted octanol–water partition coefficient (Wildman–Crippen LogP) is 3.35. The van der Waals surface area contributed by atoms with Gasteiger partial charge in [-0.05, 0) is 37.3 Å². The van der Waals surface area contributed by atoms with E-state index < -0.39 is 0 Å². The average molecular weight is 270 g/mol. The molecule has 20 heavy (non-hydrogen) atoms. The summed E-state index contributed by atoms with van der Waals surface area (Å²) in [6, 6.07) is 10.4. The smallest absolute Gasteiger partial charge is 0.242 e. The van der Waals surface area contributed by atoms with Gasteiger partial charge in [0.1, 0.15) is 6.54 Å². The molecule has 2 heterocycles. The van der Waals surface area contributed by atoms with Crippen LogP contribution < -0.4 is 0 Å². The first-order chi connectivity index (χ1) is 9.75. The second-order valence-electron chi connectivity index (χ2n) is 5.73. The molecule has 1 fully saturated rings. The highest BCUT2D eigenvalue weighted by atomic mass is 16.2. The van der Waals surface area contributed by atoms with E-state index in [0.29, 0.717) is 6.54 Å². The Labute approximate surface area is 120 Å². The summed E-state index contributed by atoms with van der Waals surface area (Å²) in [5.41, 5.74) is 2.32. The van der Waals surface area contributed by atoms with Crippen LogP contribution in [0.5, 0.6) is 0 Å². The van der Waals surface area contributed by atoms with E-state index >= 15 is 0 Å². The summed E-state index contributed by atoms with van der Waals surface area (Å²) in [5, 5.41) is 1.22. The second-order valence-corrected chi connectivity index (χ2v) is 5.73. The zero-order valence-corrected chi connectivity index (χ0v) is 12.1. The Kier molecular flexibility index (Phi) is 3.77. The fourth-order valence-corrected chi connectivity index (χ4v) is 3.11. The Bertz CT molecular complexity index is 606. The Balaban J connectivity index is 1.81. The molecule has 106 valence electrons. The highest BCUT2D eigenvalue weighted by molar-refractivity contribution is 5.84. The van der Waals surface area contributed by atoms with Gasteiger partial charge in [0.2, 0.25) is 5.91 Å². The molecule has 3 nitrogen and oxygen atoms in total. The molecule has 3 heteroatoms. The van der Waals surface area contributed by atoms with Gasteiger partial charge in [-0.1, -0.05) is 31.0 Å². The molecule has 0 spiro atoms. The van der Waals surface area contributed by atoms with Crippen LogP contribution in [0.1, 0.15) is 31.4 Å². The summed E-state index contributed by atoms with van der Waals surface area (Å²) in [5.74, 6) is 0.261. The van der Waals surface area contributed by atoms with Crippen molar-refractivity contribution in [3.05, 3.63) is 36.0 Å². The minimum Gasteiger partial charge on any atom is -0.341 e. The van der Waals surface area contributed by atoms with E-state index in [-0.39, 0.29) is 5.91 Å². The number of para-hydroxylation sites is 1. The lowest BCUT2D eigenvalue weighted by atomic mass is 10.2. The van der Waals surface area contributed by atoms with Gasteiger partial charge >= 0.3 is 0 Å². The molecule has 0 atom stereocenters. The van der Waals surface area contributed by atoms with Crippen molar-refractivity contribution in [3.63, 3.8) is 0 Å². The lowest BCUT2D eigenvalue weighted by molar-refractivity contribution is -0.131. The first-order valence-electron chi connectivity index (χ1n) is 7.58. The molecule has 3 rings (SSSR count). The topological polar surface area (TPSA) is 25.2 Å². The van der Waals surface area contributed by atoms with E-state index in [2.05, 4.69) is 29.7 Å². The van der Waals surface area contributed by atoms with Crippen molar-refractivity contribution < 1.29 is 4.79 Å². The van der Waals surface area contributed by atoms with E-state index in [1.807, 2.05) is 17.0 Å². The number of fused-ring (bicyclic) bond motifs is 1. The standard InChI is InChI=1S/C17H22N2O/c1-14-12-15-8-4-5-9-16(15)19(14)13-17(20)18-10-6-2-3-7-11-18/h4-5,8-9,12H,2-3,6-7,10-11,13H2,1H3. The van der Waals surface area contributed by atoms with E-state index in [9.17, 15) is 4.79 Å². The van der Waals surface area contributed by atoms with Crippen LogP contribution in [-0.2, 0) is 11.3 Å². The maximum Gasteiger partial charge on any atom is 0.242 e. The van der Waals surface area contributed by atoms with Gasteiger partial charge in [-0.2, -0.15) is 0 Å². The van der Waals surface area contributed by atoms with Crippen molar-refractivity contribution in [2.75, 3.05) is 13.1 Å².